The van der Waals surface area contributed by atoms with Gasteiger partial charge in [-0.3, -0.25) is 4.79 Å². The van der Waals surface area contributed by atoms with Gasteiger partial charge in [0.25, 0.3) is 0 Å². The number of hydrogen-bond donors (Lipinski definition) is 1. The van der Waals surface area contributed by atoms with E-state index in [-0.39, 0.29) is 12.5 Å². The van der Waals surface area contributed by atoms with Crippen LogP contribution in [0.15, 0.2) is 54.7 Å². The number of halogens is 1. The highest BCUT2D eigenvalue weighted by Crippen LogP contribution is 2.20. The molecule has 1 N–H and O–H groups in total. The summed E-state index contributed by atoms with van der Waals surface area (Å²) in [6, 6.07) is 15.4. The van der Waals surface area contributed by atoms with E-state index < -0.39 is 0 Å². The SMILES string of the molecule is Cc1ccc(NC(=O)Cn2ccc3ccc(Cl)cc32)cc1. The van der Waals surface area contributed by atoms with Crippen molar-refractivity contribution in [2.45, 2.75) is 13.5 Å². The van der Waals surface area contributed by atoms with Crippen molar-refractivity contribution >= 4 is 34.1 Å². The molecule has 106 valence electrons. The highest BCUT2D eigenvalue weighted by Gasteiger charge is 2.07. The van der Waals surface area contributed by atoms with Gasteiger partial charge in [0.15, 0.2) is 0 Å². The number of nitrogens with zero attached hydrogens (tertiary/aromatic N) is 1. The Morgan fingerprint density at radius 3 is 2.67 bits per heavy atom. The lowest BCUT2D eigenvalue weighted by Crippen LogP contribution is -2.18. The molecule has 0 radical (unpaired) electrons. The molecule has 3 rings (SSSR count). The van der Waals surface area contributed by atoms with E-state index in [0.717, 1.165) is 16.6 Å². The van der Waals surface area contributed by atoms with Crippen molar-refractivity contribution in [2.75, 3.05) is 5.32 Å². The Kier molecular flexibility index (Phi) is 3.67. The highest BCUT2D eigenvalue weighted by atomic mass is 35.5. The Labute approximate surface area is 128 Å². The van der Waals surface area contributed by atoms with Crippen molar-refractivity contribution in [3.05, 3.63) is 65.3 Å². The van der Waals surface area contributed by atoms with E-state index in [2.05, 4.69) is 5.32 Å². The van der Waals surface area contributed by atoms with E-state index in [0.29, 0.717) is 5.02 Å². The van der Waals surface area contributed by atoms with Gasteiger partial charge in [0, 0.05) is 22.4 Å². The average molecular weight is 299 g/mol. The Hall–Kier alpha value is -2.26. The largest absolute Gasteiger partial charge is 0.338 e. The maximum atomic E-state index is 12.1. The normalized spacial score (nSPS) is 10.8. The second-order valence-electron chi connectivity index (χ2n) is 5.06. The number of anilines is 1. The van der Waals surface area contributed by atoms with E-state index in [4.69, 9.17) is 11.6 Å². The zero-order chi connectivity index (χ0) is 14.8. The fourth-order valence-corrected chi connectivity index (χ4v) is 2.45. The van der Waals surface area contributed by atoms with E-state index in [1.54, 1.807) is 0 Å². The van der Waals surface area contributed by atoms with Crippen molar-refractivity contribution in [2.24, 2.45) is 0 Å². The molecule has 0 spiro atoms. The summed E-state index contributed by atoms with van der Waals surface area (Å²) in [7, 11) is 0. The molecular weight excluding hydrogens is 284 g/mol. The highest BCUT2D eigenvalue weighted by molar-refractivity contribution is 6.31. The first kappa shape index (κ1) is 13.7. The minimum atomic E-state index is -0.0590. The second kappa shape index (κ2) is 5.62. The van der Waals surface area contributed by atoms with Crippen molar-refractivity contribution in [1.29, 1.82) is 0 Å². The standard InChI is InChI=1S/C17H15ClN2O/c1-12-2-6-15(7-3-12)19-17(21)11-20-9-8-13-4-5-14(18)10-16(13)20/h2-10H,11H2,1H3,(H,19,21). The number of rotatable bonds is 3. The van der Waals surface area contributed by atoms with Crippen LogP contribution in [-0.4, -0.2) is 10.5 Å². The number of benzene rings is 2. The van der Waals surface area contributed by atoms with Gasteiger partial charge in [-0.1, -0.05) is 35.4 Å². The molecule has 4 heteroatoms. The van der Waals surface area contributed by atoms with Crippen LogP contribution >= 0.6 is 11.6 Å². The van der Waals surface area contributed by atoms with Crippen molar-refractivity contribution in [3.63, 3.8) is 0 Å². The summed E-state index contributed by atoms with van der Waals surface area (Å²) in [4.78, 5) is 12.1. The van der Waals surface area contributed by atoms with Gasteiger partial charge in [0.05, 0.1) is 0 Å². The number of hydrogen-bond acceptors (Lipinski definition) is 1. The van der Waals surface area contributed by atoms with Gasteiger partial charge in [0.1, 0.15) is 6.54 Å². The molecule has 0 saturated heterocycles. The lowest BCUT2D eigenvalue weighted by molar-refractivity contribution is -0.116. The molecule has 21 heavy (non-hydrogen) atoms. The molecule has 0 atom stereocenters. The first-order valence-corrected chi connectivity index (χ1v) is 7.10. The number of aryl methyl sites for hydroxylation is 1. The van der Waals surface area contributed by atoms with Crippen LogP contribution in [0.2, 0.25) is 5.02 Å². The smallest absolute Gasteiger partial charge is 0.244 e. The van der Waals surface area contributed by atoms with Crippen LogP contribution in [-0.2, 0) is 11.3 Å². The summed E-state index contributed by atoms with van der Waals surface area (Å²) >= 11 is 6.01. The van der Waals surface area contributed by atoms with E-state index in [1.165, 1.54) is 5.56 Å². The number of carbonyl (C=O) groups is 1. The zero-order valence-corrected chi connectivity index (χ0v) is 12.4. The first-order valence-electron chi connectivity index (χ1n) is 6.73. The number of aromatic nitrogens is 1. The van der Waals surface area contributed by atoms with Crippen LogP contribution in [0.4, 0.5) is 5.69 Å². The van der Waals surface area contributed by atoms with Crippen LogP contribution in [0.3, 0.4) is 0 Å². The fourth-order valence-electron chi connectivity index (χ4n) is 2.29. The lowest BCUT2D eigenvalue weighted by atomic mass is 10.2. The van der Waals surface area contributed by atoms with Gasteiger partial charge >= 0.3 is 0 Å². The third kappa shape index (κ3) is 3.09. The van der Waals surface area contributed by atoms with Gasteiger partial charge in [-0.25, -0.2) is 0 Å². The topological polar surface area (TPSA) is 34.0 Å². The number of amides is 1. The van der Waals surface area contributed by atoms with Crippen LogP contribution < -0.4 is 5.32 Å². The van der Waals surface area contributed by atoms with Crippen molar-refractivity contribution < 1.29 is 4.79 Å². The number of nitrogens with one attached hydrogen (secondary N) is 1. The van der Waals surface area contributed by atoms with Crippen LogP contribution in [0.5, 0.6) is 0 Å². The third-order valence-corrected chi connectivity index (χ3v) is 3.62. The minimum Gasteiger partial charge on any atom is -0.338 e. The molecular formula is C17H15ClN2O. The molecule has 1 aromatic heterocycles. The summed E-state index contributed by atoms with van der Waals surface area (Å²) in [5.41, 5.74) is 2.93. The Balaban J connectivity index is 1.77. The number of fused-ring (bicyclic) bond motifs is 1. The first-order chi connectivity index (χ1) is 10.1. The van der Waals surface area contributed by atoms with Gasteiger partial charge in [0.2, 0.25) is 5.91 Å². The summed E-state index contributed by atoms with van der Waals surface area (Å²) < 4.78 is 1.89. The molecule has 3 aromatic rings. The predicted molar refractivity (Wildman–Crippen MR) is 86.8 cm³/mol. The zero-order valence-electron chi connectivity index (χ0n) is 11.6. The summed E-state index contributed by atoms with van der Waals surface area (Å²) in [6.07, 6.45) is 1.90. The van der Waals surface area contributed by atoms with Crippen LogP contribution in [0.25, 0.3) is 10.9 Å². The quantitative estimate of drug-likeness (QED) is 0.771. The molecule has 0 bridgehead atoms. The van der Waals surface area contributed by atoms with Gasteiger partial charge in [-0.2, -0.15) is 0 Å². The molecule has 0 fully saturated rings. The second-order valence-corrected chi connectivity index (χ2v) is 5.50. The van der Waals surface area contributed by atoms with Gasteiger partial charge in [-0.15, -0.1) is 0 Å². The summed E-state index contributed by atoms with van der Waals surface area (Å²) in [5.74, 6) is -0.0590. The van der Waals surface area contributed by atoms with E-state index in [9.17, 15) is 4.79 Å². The third-order valence-electron chi connectivity index (χ3n) is 3.39. The van der Waals surface area contributed by atoms with Crippen molar-refractivity contribution in [3.8, 4) is 0 Å². The predicted octanol–water partition coefficient (Wildman–Crippen LogP) is 4.24. The van der Waals surface area contributed by atoms with E-state index >= 15 is 0 Å². The Bertz CT molecular complexity index is 790. The average Bonchev–Trinajstić information content (AvgIpc) is 2.84. The molecule has 1 heterocycles. The van der Waals surface area contributed by atoms with E-state index in [1.807, 2.05) is 66.2 Å². The molecule has 0 unspecified atom stereocenters. The molecule has 3 nitrogen and oxygen atoms in total. The molecule has 1 amide bonds. The maximum absolute atomic E-state index is 12.1. The summed E-state index contributed by atoms with van der Waals surface area (Å²) in [5, 5.41) is 4.63. The lowest BCUT2D eigenvalue weighted by Gasteiger charge is -2.08. The van der Waals surface area contributed by atoms with Crippen LogP contribution in [0.1, 0.15) is 5.56 Å². The van der Waals surface area contributed by atoms with Gasteiger partial charge in [-0.05, 0) is 42.6 Å². The monoisotopic (exact) mass is 298 g/mol. The van der Waals surface area contributed by atoms with Crippen molar-refractivity contribution in [1.82, 2.24) is 4.57 Å². The van der Waals surface area contributed by atoms with Crippen LogP contribution in [0, 0.1) is 6.92 Å². The minimum absolute atomic E-state index is 0.0590. The molecule has 0 aliphatic carbocycles. The summed E-state index contributed by atoms with van der Waals surface area (Å²) in [6.45, 7) is 2.28. The Morgan fingerprint density at radius 2 is 1.90 bits per heavy atom. The molecule has 0 saturated carbocycles. The molecule has 0 aliphatic heterocycles. The molecule has 0 aliphatic rings. The molecule has 2 aromatic carbocycles. The van der Waals surface area contributed by atoms with Gasteiger partial charge < -0.3 is 9.88 Å². The fraction of sp³-hybridized carbons (Fsp3) is 0.118. The maximum Gasteiger partial charge on any atom is 0.244 e. The number of carbonyl (C=O) groups excluding carboxylic acids is 1. The Morgan fingerprint density at radius 1 is 1.14 bits per heavy atom.